The Bertz CT molecular complexity index is 416. The zero-order chi connectivity index (χ0) is 12.3. The van der Waals surface area contributed by atoms with E-state index in [-0.39, 0.29) is 11.6 Å². The van der Waals surface area contributed by atoms with Crippen LogP contribution in [0.3, 0.4) is 0 Å². The summed E-state index contributed by atoms with van der Waals surface area (Å²) in [5.41, 5.74) is 6.18. The standard InChI is InChI=1S/C11H15N3O3/c12-9-4-7(11(15)16)5-13-10(9)14-8-2-1-3-17-6-8/h4-5,8H,1-3,6,12H2,(H,13,14)(H,15,16). The fourth-order valence-electron chi connectivity index (χ4n) is 1.77. The highest BCUT2D eigenvalue weighted by Gasteiger charge is 2.16. The summed E-state index contributed by atoms with van der Waals surface area (Å²) >= 11 is 0. The van der Waals surface area contributed by atoms with Crippen molar-refractivity contribution in [2.24, 2.45) is 0 Å². The van der Waals surface area contributed by atoms with Gasteiger partial charge < -0.3 is 20.9 Å². The van der Waals surface area contributed by atoms with Gasteiger partial charge in [-0.15, -0.1) is 0 Å². The van der Waals surface area contributed by atoms with E-state index in [0.717, 1.165) is 19.4 Å². The first-order valence-corrected chi connectivity index (χ1v) is 5.50. The van der Waals surface area contributed by atoms with E-state index in [2.05, 4.69) is 10.3 Å². The number of hydrogen-bond acceptors (Lipinski definition) is 5. The maximum absolute atomic E-state index is 10.7. The number of nitrogens with two attached hydrogens (primary N) is 1. The minimum absolute atomic E-state index is 0.0907. The number of aromatic carboxylic acids is 1. The lowest BCUT2D eigenvalue weighted by Gasteiger charge is -2.24. The van der Waals surface area contributed by atoms with Gasteiger partial charge in [0, 0.05) is 12.8 Å². The Morgan fingerprint density at radius 2 is 2.47 bits per heavy atom. The Kier molecular flexibility index (Phi) is 3.43. The predicted molar refractivity (Wildman–Crippen MR) is 63.1 cm³/mol. The summed E-state index contributed by atoms with van der Waals surface area (Å²) in [4.78, 5) is 14.7. The molecule has 6 heteroatoms. The third-order valence-corrected chi connectivity index (χ3v) is 2.67. The number of nitrogen functional groups attached to an aromatic ring is 1. The van der Waals surface area contributed by atoms with E-state index < -0.39 is 5.97 Å². The largest absolute Gasteiger partial charge is 0.478 e. The number of anilines is 2. The zero-order valence-electron chi connectivity index (χ0n) is 9.35. The Labute approximate surface area is 98.8 Å². The zero-order valence-corrected chi connectivity index (χ0v) is 9.35. The third-order valence-electron chi connectivity index (χ3n) is 2.67. The average molecular weight is 237 g/mol. The van der Waals surface area contributed by atoms with Crippen LogP contribution in [0.15, 0.2) is 12.3 Å². The first kappa shape index (κ1) is 11.7. The van der Waals surface area contributed by atoms with E-state index in [1.807, 2.05) is 0 Å². The van der Waals surface area contributed by atoms with Crippen LogP contribution in [0.4, 0.5) is 11.5 Å². The van der Waals surface area contributed by atoms with Gasteiger partial charge in [-0.3, -0.25) is 0 Å². The van der Waals surface area contributed by atoms with Crippen molar-refractivity contribution in [2.45, 2.75) is 18.9 Å². The van der Waals surface area contributed by atoms with Gasteiger partial charge in [0.05, 0.1) is 23.9 Å². The summed E-state index contributed by atoms with van der Waals surface area (Å²) in [5, 5.41) is 11.9. The number of carbonyl (C=O) groups is 1. The van der Waals surface area contributed by atoms with Gasteiger partial charge in [-0.25, -0.2) is 9.78 Å². The molecule has 1 saturated heterocycles. The maximum Gasteiger partial charge on any atom is 0.337 e. The molecule has 0 radical (unpaired) electrons. The molecule has 1 aliphatic rings. The van der Waals surface area contributed by atoms with Crippen molar-refractivity contribution in [2.75, 3.05) is 24.3 Å². The van der Waals surface area contributed by atoms with Gasteiger partial charge in [0.25, 0.3) is 0 Å². The van der Waals surface area contributed by atoms with Crippen molar-refractivity contribution in [1.29, 1.82) is 0 Å². The first-order chi connectivity index (χ1) is 8.16. The highest BCUT2D eigenvalue weighted by molar-refractivity contribution is 5.89. The van der Waals surface area contributed by atoms with E-state index in [9.17, 15) is 4.79 Å². The smallest absolute Gasteiger partial charge is 0.337 e. The molecule has 2 rings (SSSR count). The van der Waals surface area contributed by atoms with Crippen LogP contribution in [0.2, 0.25) is 0 Å². The van der Waals surface area contributed by atoms with Gasteiger partial charge in [0.1, 0.15) is 5.82 Å². The second-order valence-electron chi connectivity index (χ2n) is 4.03. The molecule has 92 valence electrons. The van der Waals surface area contributed by atoms with Crippen LogP contribution in [0.5, 0.6) is 0 Å². The summed E-state index contributed by atoms with van der Waals surface area (Å²) in [7, 11) is 0. The molecule has 17 heavy (non-hydrogen) atoms. The molecule has 1 atom stereocenters. The topological polar surface area (TPSA) is 97.5 Å². The van der Waals surface area contributed by atoms with E-state index >= 15 is 0 Å². The quantitative estimate of drug-likeness (QED) is 0.724. The van der Waals surface area contributed by atoms with Gasteiger partial charge in [0.15, 0.2) is 0 Å². The van der Waals surface area contributed by atoms with Crippen molar-refractivity contribution in [3.8, 4) is 0 Å². The highest BCUT2D eigenvalue weighted by atomic mass is 16.5. The summed E-state index contributed by atoms with van der Waals surface area (Å²) in [6.07, 6.45) is 3.30. The Morgan fingerprint density at radius 3 is 3.06 bits per heavy atom. The molecule has 1 fully saturated rings. The maximum atomic E-state index is 10.7. The fraction of sp³-hybridized carbons (Fsp3) is 0.455. The van der Waals surface area contributed by atoms with Gasteiger partial charge >= 0.3 is 5.97 Å². The molecule has 4 N–H and O–H groups in total. The molecule has 0 bridgehead atoms. The summed E-state index contributed by atoms with van der Waals surface area (Å²) in [5.74, 6) is -0.512. The molecule has 0 spiro atoms. The summed E-state index contributed by atoms with van der Waals surface area (Å²) < 4.78 is 5.33. The minimum atomic E-state index is -1.03. The molecular weight excluding hydrogens is 222 g/mol. The second kappa shape index (κ2) is 5.01. The van der Waals surface area contributed by atoms with Crippen LogP contribution in [-0.2, 0) is 4.74 Å². The van der Waals surface area contributed by atoms with Crippen LogP contribution < -0.4 is 11.1 Å². The summed E-state index contributed by atoms with van der Waals surface area (Å²) in [6.45, 7) is 1.42. The monoisotopic (exact) mass is 237 g/mol. The molecule has 1 aliphatic heterocycles. The molecule has 0 aromatic carbocycles. The molecule has 6 nitrogen and oxygen atoms in total. The lowest BCUT2D eigenvalue weighted by atomic mass is 10.1. The molecule has 0 aliphatic carbocycles. The molecule has 0 saturated carbocycles. The number of rotatable bonds is 3. The first-order valence-electron chi connectivity index (χ1n) is 5.50. The number of aromatic nitrogens is 1. The minimum Gasteiger partial charge on any atom is -0.478 e. The number of hydrogen-bond donors (Lipinski definition) is 3. The van der Waals surface area contributed by atoms with Crippen LogP contribution in [0, 0.1) is 0 Å². The van der Waals surface area contributed by atoms with E-state index in [4.69, 9.17) is 15.6 Å². The van der Waals surface area contributed by atoms with E-state index in [1.54, 1.807) is 0 Å². The van der Waals surface area contributed by atoms with Gasteiger partial charge in [-0.1, -0.05) is 0 Å². The van der Waals surface area contributed by atoms with Crippen LogP contribution in [0.1, 0.15) is 23.2 Å². The molecule has 2 heterocycles. The lowest BCUT2D eigenvalue weighted by Crippen LogP contribution is -2.30. The Morgan fingerprint density at radius 1 is 1.65 bits per heavy atom. The van der Waals surface area contributed by atoms with E-state index in [1.165, 1.54) is 12.3 Å². The number of ether oxygens (including phenoxy) is 1. The van der Waals surface area contributed by atoms with Crippen molar-refractivity contribution in [3.05, 3.63) is 17.8 Å². The van der Waals surface area contributed by atoms with Gasteiger partial charge in [0.2, 0.25) is 0 Å². The molecule has 1 aromatic rings. The number of nitrogens with zero attached hydrogens (tertiary/aromatic N) is 1. The van der Waals surface area contributed by atoms with Crippen molar-refractivity contribution in [1.82, 2.24) is 4.98 Å². The second-order valence-corrected chi connectivity index (χ2v) is 4.03. The van der Waals surface area contributed by atoms with Gasteiger partial charge in [-0.05, 0) is 18.9 Å². The van der Waals surface area contributed by atoms with Crippen LogP contribution in [0.25, 0.3) is 0 Å². The molecule has 0 amide bonds. The third kappa shape index (κ3) is 2.85. The van der Waals surface area contributed by atoms with E-state index in [0.29, 0.717) is 18.1 Å². The predicted octanol–water partition coefficient (Wildman–Crippen LogP) is 0.953. The summed E-state index contributed by atoms with van der Waals surface area (Å²) in [6, 6.07) is 1.59. The van der Waals surface area contributed by atoms with Crippen LogP contribution >= 0.6 is 0 Å². The SMILES string of the molecule is Nc1cc(C(=O)O)cnc1NC1CCCOC1. The Balaban J connectivity index is 2.08. The van der Waals surface area contributed by atoms with Crippen LogP contribution in [-0.4, -0.2) is 35.3 Å². The number of nitrogens with one attached hydrogen (secondary N) is 1. The van der Waals surface area contributed by atoms with Crippen molar-refractivity contribution in [3.63, 3.8) is 0 Å². The average Bonchev–Trinajstić information content (AvgIpc) is 2.33. The number of carboxylic acids is 1. The normalized spacial score (nSPS) is 19.9. The lowest BCUT2D eigenvalue weighted by molar-refractivity contribution is 0.0696. The van der Waals surface area contributed by atoms with Gasteiger partial charge in [-0.2, -0.15) is 0 Å². The molecule has 1 aromatic heterocycles. The number of carboxylic acid groups (broad SMARTS) is 1. The highest BCUT2D eigenvalue weighted by Crippen LogP contribution is 2.19. The Hall–Kier alpha value is -1.82. The number of pyridine rings is 1. The fourth-order valence-corrected chi connectivity index (χ4v) is 1.77. The van der Waals surface area contributed by atoms with Crippen molar-refractivity contribution < 1.29 is 14.6 Å². The molecular formula is C11H15N3O3. The molecule has 1 unspecified atom stereocenters. The van der Waals surface area contributed by atoms with Crippen molar-refractivity contribution >= 4 is 17.5 Å².